The summed E-state index contributed by atoms with van der Waals surface area (Å²) in [5, 5.41) is 2.99. The third kappa shape index (κ3) is 4.57. The summed E-state index contributed by atoms with van der Waals surface area (Å²) in [6.07, 6.45) is -0.262. The highest BCUT2D eigenvalue weighted by Gasteiger charge is 2.10. The molecule has 0 radical (unpaired) electrons. The molecule has 1 unspecified atom stereocenters. The zero-order valence-electron chi connectivity index (χ0n) is 11.8. The second kappa shape index (κ2) is 7.40. The molecule has 0 saturated carbocycles. The van der Waals surface area contributed by atoms with E-state index in [1.165, 1.54) is 12.1 Å². The molecule has 0 spiro atoms. The molecule has 2 aromatic carbocycles. The van der Waals surface area contributed by atoms with Crippen LogP contribution in [0.3, 0.4) is 0 Å². The number of ether oxygens (including phenoxy) is 1. The SMILES string of the molecule is COC(CN=C(N)Nc1ccccc1)c1ccc(F)cc1. The molecule has 0 aliphatic carbocycles. The zero-order valence-corrected chi connectivity index (χ0v) is 11.8. The van der Waals surface area contributed by atoms with Gasteiger partial charge in [0.1, 0.15) is 11.9 Å². The number of anilines is 1. The molecule has 0 aliphatic rings. The number of para-hydroxylation sites is 1. The van der Waals surface area contributed by atoms with E-state index in [0.717, 1.165) is 11.3 Å². The Labute approximate surface area is 123 Å². The lowest BCUT2D eigenvalue weighted by Gasteiger charge is -2.14. The third-order valence-electron chi connectivity index (χ3n) is 3.00. The molecule has 0 aromatic heterocycles. The number of hydrogen-bond acceptors (Lipinski definition) is 2. The van der Waals surface area contributed by atoms with E-state index in [1.54, 1.807) is 19.2 Å². The van der Waals surface area contributed by atoms with Gasteiger partial charge in [-0.1, -0.05) is 30.3 Å². The van der Waals surface area contributed by atoms with Crippen LogP contribution in [0.1, 0.15) is 11.7 Å². The first kappa shape index (κ1) is 15.0. The summed E-state index contributed by atoms with van der Waals surface area (Å²) in [7, 11) is 1.59. The van der Waals surface area contributed by atoms with Gasteiger partial charge in [-0.25, -0.2) is 4.39 Å². The number of rotatable bonds is 5. The Morgan fingerprint density at radius 2 is 1.86 bits per heavy atom. The average molecular weight is 287 g/mol. The molecule has 3 N–H and O–H groups in total. The molecule has 0 heterocycles. The average Bonchev–Trinajstić information content (AvgIpc) is 2.50. The Balaban J connectivity index is 1.98. The number of hydrogen-bond donors (Lipinski definition) is 2. The third-order valence-corrected chi connectivity index (χ3v) is 3.00. The van der Waals surface area contributed by atoms with Crippen LogP contribution in [-0.4, -0.2) is 19.6 Å². The van der Waals surface area contributed by atoms with Crippen molar-refractivity contribution in [3.05, 3.63) is 66.0 Å². The van der Waals surface area contributed by atoms with Crippen molar-refractivity contribution < 1.29 is 9.13 Å². The molecule has 0 aliphatic heterocycles. The summed E-state index contributed by atoms with van der Waals surface area (Å²) in [5.41, 5.74) is 7.56. The minimum atomic E-state index is -0.276. The van der Waals surface area contributed by atoms with Crippen molar-refractivity contribution in [2.24, 2.45) is 10.7 Å². The molecule has 0 amide bonds. The number of methoxy groups -OCH3 is 1. The van der Waals surface area contributed by atoms with E-state index in [1.807, 2.05) is 30.3 Å². The quantitative estimate of drug-likeness (QED) is 0.656. The molecule has 2 aromatic rings. The van der Waals surface area contributed by atoms with E-state index in [0.29, 0.717) is 12.5 Å². The van der Waals surface area contributed by atoms with Gasteiger partial charge in [0.15, 0.2) is 5.96 Å². The Hall–Kier alpha value is -2.40. The fourth-order valence-corrected chi connectivity index (χ4v) is 1.88. The van der Waals surface area contributed by atoms with Gasteiger partial charge in [-0.2, -0.15) is 0 Å². The number of guanidine groups is 1. The highest BCUT2D eigenvalue weighted by atomic mass is 19.1. The van der Waals surface area contributed by atoms with Gasteiger partial charge in [0.05, 0.1) is 6.54 Å². The standard InChI is InChI=1S/C16H18FN3O/c1-21-15(12-7-9-13(17)10-8-12)11-19-16(18)20-14-5-3-2-4-6-14/h2-10,15H,11H2,1H3,(H3,18,19,20). The van der Waals surface area contributed by atoms with Crippen LogP contribution < -0.4 is 11.1 Å². The monoisotopic (exact) mass is 287 g/mol. The van der Waals surface area contributed by atoms with Crippen LogP contribution in [0.25, 0.3) is 0 Å². The van der Waals surface area contributed by atoms with E-state index < -0.39 is 0 Å². The van der Waals surface area contributed by atoms with Crippen LogP contribution in [0.15, 0.2) is 59.6 Å². The fraction of sp³-hybridized carbons (Fsp3) is 0.188. The summed E-state index contributed by atoms with van der Waals surface area (Å²) >= 11 is 0. The molecular formula is C16H18FN3O. The maximum atomic E-state index is 12.9. The first-order valence-electron chi connectivity index (χ1n) is 6.59. The number of nitrogens with one attached hydrogen (secondary N) is 1. The molecule has 0 bridgehead atoms. The van der Waals surface area contributed by atoms with Gasteiger partial charge in [-0.05, 0) is 29.8 Å². The van der Waals surface area contributed by atoms with Crippen LogP contribution >= 0.6 is 0 Å². The number of nitrogens with two attached hydrogens (primary N) is 1. The maximum Gasteiger partial charge on any atom is 0.193 e. The first-order chi connectivity index (χ1) is 10.2. The molecule has 0 saturated heterocycles. The van der Waals surface area contributed by atoms with Crippen LogP contribution in [0, 0.1) is 5.82 Å². The Morgan fingerprint density at radius 3 is 2.48 bits per heavy atom. The number of halogens is 1. The van der Waals surface area contributed by atoms with E-state index in [4.69, 9.17) is 10.5 Å². The molecular weight excluding hydrogens is 269 g/mol. The summed E-state index contributed by atoms with van der Waals surface area (Å²) in [4.78, 5) is 4.25. The molecule has 21 heavy (non-hydrogen) atoms. The van der Waals surface area contributed by atoms with E-state index in [-0.39, 0.29) is 11.9 Å². The Kier molecular flexibility index (Phi) is 5.29. The minimum absolute atomic E-state index is 0.262. The van der Waals surface area contributed by atoms with Crippen molar-refractivity contribution in [3.8, 4) is 0 Å². The zero-order chi connectivity index (χ0) is 15.1. The molecule has 5 heteroatoms. The Morgan fingerprint density at radius 1 is 1.19 bits per heavy atom. The highest BCUT2D eigenvalue weighted by molar-refractivity contribution is 5.92. The van der Waals surface area contributed by atoms with Gasteiger partial charge in [0.2, 0.25) is 0 Å². The van der Waals surface area contributed by atoms with Crippen LogP contribution in [0.2, 0.25) is 0 Å². The Bertz CT molecular complexity index is 584. The number of nitrogens with zero attached hydrogens (tertiary/aromatic N) is 1. The lowest BCUT2D eigenvalue weighted by atomic mass is 10.1. The van der Waals surface area contributed by atoms with Crippen molar-refractivity contribution in [2.45, 2.75) is 6.10 Å². The van der Waals surface area contributed by atoms with Crippen LogP contribution in [0.4, 0.5) is 10.1 Å². The van der Waals surface area contributed by atoms with Gasteiger partial charge in [0, 0.05) is 12.8 Å². The van der Waals surface area contributed by atoms with Gasteiger partial charge in [-0.3, -0.25) is 4.99 Å². The second-order valence-electron chi connectivity index (χ2n) is 4.49. The van der Waals surface area contributed by atoms with Crippen LogP contribution in [0.5, 0.6) is 0 Å². The first-order valence-corrected chi connectivity index (χ1v) is 6.59. The van der Waals surface area contributed by atoms with Gasteiger partial charge < -0.3 is 15.8 Å². The smallest absolute Gasteiger partial charge is 0.193 e. The fourth-order valence-electron chi connectivity index (χ4n) is 1.88. The van der Waals surface area contributed by atoms with Crippen molar-refractivity contribution in [2.75, 3.05) is 19.0 Å². The summed E-state index contributed by atoms with van der Waals surface area (Å²) in [6, 6.07) is 15.7. The predicted molar refractivity (Wildman–Crippen MR) is 82.7 cm³/mol. The second-order valence-corrected chi connectivity index (χ2v) is 4.49. The lowest BCUT2D eigenvalue weighted by molar-refractivity contribution is 0.111. The normalized spacial score (nSPS) is 13.0. The maximum absolute atomic E-state index is 12.9. The molecule has 1 atom stereocenters. The largest absolute Gasteiger partial charge is 0.375 e. The van der Waals surface area contributed by atoms with Gasteiger partial charge in [0.25, 0.3) is 0 Å². The highest BCUT2D eigenvalue weighted by Crippen LogP contribution is 2.17. The van der Waals surface area contributed by atoms with Crippen molar-refractivity contribution in [1.29, 1.82) is 0 Å². The van der Waals surface area contributed by atoms with Crippen molar-refractivity contribution >= 4 is 11.6 Å². The lowest BCUT2D eigenvalue weighted by Crippen LogP contribution is -2.23. The molecule has 2 rings (SSSR count). The molecule has 0 fully saturated rings. The van der Waals surface area contributed by atoms with E-state index >= 15 is 0 Å². The van der Waals surface area contributed by atoms with Crippen molar-refractivity contribution in [3.63, 3.8) is 0 Å². The summed E-state index contributed by atoms with van der Waals surface area (Å²) < 4.78 is 18.3. The summed E-state index contributed by atoms with van der Waals surface area (Å²) in [6.45, 7) is 0.355. The van der Waals surface area contributed by atoms with E-state index in [2.05, 4.69) is 10.3 Å². The van der Waals surface area contributed by atoms with Gasteiger partial charge in [-0.15, -0.1) is 0 Å². The predicted octanol–water partition coefficient (Wildman–Crippen LogP) is 2.94. The van der Waals surface area contributed by atoms with E-state index in [9.17, 15) is 4.39 Å². The van der Waals surface area contributed by atoms with Crippen molar-refractivity contribution in [1.82, 2.24) is 0 Å². The van der Waals surface area contributed by atoms with Gasteiger partial charge >= 0.3 is 0 Å². The van der Waals surface area contributed by atoms with Crippen LogP contribution in [-0.2, 0) is 4.74 Å². The number of benzene rings is 2. The summed E-state index contributed by atoms with van der Waals surface area (Å²) in [5.74, 6) is 0.0349. The topological polar surface area (TPSA) is 59.6 Å². The minimum Gasteiger partial charge on any atom is -0.375 e. The number of aliphatic imine (C=N–C) groups is 1. The molecule has 4 nitrogen and oxygen atoms in total. The molecule has 110 valence electrons.